The SMILES string of the molecule is COCC(C)(C)NS(=O)(=O)c1c(C)nn(CC(=O)O)c1C. The molecule has 21 heavy (non-hydrogen) atoms. The minimum atomic E-state index is -3.82. The zero-order valence-electron chi connectivity index (χ0n) is 12.8. The van der Waals surface area contributed by atoms with Crippen LogP contribution in [0, 0.1) is 13.8 Å². The normalized spacial score (nSPS) is 12.6. The quantitative estimate of drug-likeness (QED) is 0.747. The molecule has 1 aromatic rings. The van der Waals surface area contributed by atoms with E-state index in [4.69, 9.17) is 9.84 Å². The van der Waals surface area contributed by atoms with Gasteiger partial charge in [-0.05, 0) is 27.7 Å². The Hall–Kier alpha value is -1.45. The van der Waals surface area contributed by atoms with Gasteiger partial charge in [0.15, 0.2) is 0 Å². The Morgan fingerprint density at radius 3 is 2.48 bits per heavy atom. The van der Waals surface area contributed by atoms with Crippen LogP contribution in [0.1, 0.15) is 25.2 Å². The van der Waals surface area contributed by atoms with Crippen LogP contribution in [0.4, 0.5) is 0 Å². The van der Waals surface area contributed by atoms with Crippen molar-refractivity contribution in [2.24, 2.45) is 0 Å². The zero-order chi connectivity index (χ0) is 16.4. The van der Waals surface area contributed by atoms with E-state index in [0.29, 0.717) is 0 Å². The van der Waals surface area contributed by atoms with Crippen molar-refractivity contribution in [2.45, 2.75) is 44.7 Å². The van der Waals surface area contributed by atoms with Gasteiger partial charge in [-0.2, -0.15) is 5.10 Å². The summed E-state index contributed by atoms with van der Waals surface area (Å²) >= 11 is 0. The summed E-state index contributed by atoms with van der Waals surface area (Å²) in [5.41, 5.74) is -0.244. The molecule has 0 fully saturated rings. The lowest BCUT2D eigenvalue weighted by atomic mass is 10.1. The van der Waals surface area contributed by atoms with Crippen molar-refractivity contribution in [3.8, 4) is 0 Å². The Kier molecular flexibility index (Phi) is 5.13. The minimum absolute atomic E-state index is 0.00734. The second-order valence-corrected chi connectivity index (χ2v) is 7.09. The van der Waals surface area contributed by atoms with E-state index in [9.17, 15) is 13.2 Å². The molecule has 0 amide bonds. The molecule has 1 aromatic heterocycles. The Bertz CT molecular complexity index is 634. The molecule has 9 heteroatoms. The molecule has 1 rings (SSSR count). The van der Waals surface area contributed by atoms with Crippen LogP contribution in [0.5, 0.6) is 0 Å². The average Bonchev–Trinajstić information content (AvgIpc) is 2.51. The number of hydrogen-bond donors (Lipinski definition) is 2. The summed E-state index contributed by atoms with van der Waals surface area (Å²) in [7, 11) is -2.34. The molecule has 120 valence electrons. The van der Waals surface area contributed by atoms with Crippen LogP contribution in [0.2, 0.25) is 0 Å². The maximum atomic E-state index is 12.5. The van der Waals surface area contributed by atoms with Crippen LogP contribution in [-0.4, -0.2) is 48.5 Å². The first-order valence-corrected chi connectivity index (χ1v) is 7.77. The highest BCUT2D eigenvalue weighted by Crippen LogP contribution is 2.21. The van der Waals surface area contributed by atoms with E-state index in [0.717, 1.165) is 4.68 Å². The fourth-order valence-corrected chi connectivity index (χ4v) is 3.97. The Balaban J connectivity index is 3.20. The molecule has 2 N–H and O–H groups in total. The summed E-state index contributed by atoms with van der Waals surface area (Å²) in [4.78, 5) is 10.8. The van der Waals surface area contributed by atoms with Crippen molar-refractivity contribution in [1.82, 2.24) is 14.5 Å². The number of ether oxygens (including phenoxy) is 1. The van der Waals surface area contributed by atoms with E-state index >= 15 is 0 Å². The summed E-state index contributed by atoms with van der Waals surface area (Å²) in [5.74, 6) is -1.09. The molecule has 1 heterocycles. The summed E-state index contributed by atoms with van der Waals surface area (Å²) in [6.07, 6.45) is 0. The van der Waals surface area contributed by atoms with Gasteiger partial charge in [0.05, 0.1) is 23.5 Å². The number of nitrogens with zero attached hydrogens (tertiary/aromatic N) is 2. The monoisotopic (exact) mass is 319 g/mol. The van der Waals surface area contributed by atoms with Crippen molar-refractivity contribution in [2.75, 3.05) is 13.7 Å². The molecule has 0 radical (unpaired) electrons. The maximum absolute atomic E-state index is 12.5. The molecule has 0 aliphatic rings. The van der Waals surface area contributed by atoms with E-state index < -0.39 is 21.5 Å². The maximum Gasteiger partial charge on any atom is 0.325 e. The molecular weight excluding hydrogens is 298 g/mol. The molecular formula is C12H21N3O5S. The summed E-state index contributed by atoms with van der Waals surface area (Å²) in [6, 6.07) is 0. The lowest BCUT2D eigenvalue weighted by Crippen LogP contribution is -2.46. The van der Waals surface area contributed by atoms with Gasteiger partial charge in [-0.15, -0.1) is 0 Å². The van der Waals surface area contributed by atoms with Crippen molar-refractivity contribution < 1.29 is 23.1 Å². The number of rotatable bonds is 7. The van der Waals surface area contributed by atoms with Gasteiger partial charge in [0.25, 0.3) is 0 Å². The number of hydrogen-bond acceptors (Lipinski definition) is 5. The van der Waals surface area contributed by atoms with Gasteiger partial charge < -0.3 is 9.84 Å². The number of aromatic nitrogens is 2. The largest absolute Gasteiger partial charge is 0.480 e. The van der Waals surface area contributed by atoms with Gasteiger partial charge in [0, 0.05) is 7.11 Å². The van der Waals surface area contributed by atoms with Crippen LogP contribution in [0.3, 0.4) is 0 Å². The summed E-state index contributed by atoms with van der Waals surface area (Å²) in [5, 5.41) is 12.8. The predicted octanol–water partition coefficient (Wildman–Crippen LogP) is 0.288. The third kappa shape index (κ3) is 4.26. The van der Waals surface area contributed by atoms with E-state index in [1.807, 2.05) is 0 Å². The average molecular weight is 319 g/mol. The van der Waals surface area contributed by atoms with Crippen LogP contribution >= 0.6 is 0 Å². The highest BCUT2D eigenvalue weighted by molar-refractivity contribution is 7.89. The predicted molar refractivity (Wildman–Crippen MR) is 75.6 cm³/mol. The first kappa shape index (κ1) is 17.6. The van der Waals surface area contributed by atoms with E-state index in [2.05, 4.69) is 9.82 Å². The Morgan fingerprint density at radius 2 is 2.00 bits per heavy atom. The van der Waals surface area contributed by atoms with Crippen LogP contribution < -0.4 is 4.72 Å². The minimum Gasteiger partial charge on any atom is -0.480 e. The lowest BCUT2D eigenvalue weighted by molar-refractivity contribution is -0.137. The molecule has 0 spiro atoms. The molecule has 0 aliphatic carbocycles. The van der Waals surface area contributed by atoms with Gasteiger partial charge in [-0.25, -0.2) is 13.1 Å². The van der Waals surface area contributed by atoms with Crippen molar-refractivity contribution in [1.29, 1.82) is 0 Å². The number of methoxy groups -OCH3 is 1. The smallest absolute Gasteiger partial charge is 0.325 e. The lowest BCUT2D eigenvalue weighted by Gasteiger charge is -2.24. The highest BCUT2D eigenvalue weighted by Gasteiger charge is 2.31. The number of carboxylic acids is 1. The molecule has 0 bridgehead atoms. The van der Waals surface area contributed by atoms with Crippen LogP contribution in [-0.2, 0) is 26.1 Å². The number of nitrogens with one attached hydrogen (secondary N) is 1. The van der Waals surface area contributed by atoms with Crippen LogP contribution in [0.15, 0.2) is 4.90 Å². The zero-order valence-corrected chi connectivity index (χ0v) is 13.6. The topological polar surface area (TPSA) is 111 Å². The summed E-state index contributed by atoms with van der Waals surface area (Å²) < 4.78 is 33.7. The standard InChI is InChI=1S/C12H21N3O5S/c1-8-11(9(2)15(13-8)6-10(16)17)21(18,19)14-12(3,4)7-20-5/h14H,6-7H2,1-5H3,(H,16,17). The van der Waals surface area contributed by atoms with Gasteiger partial charge in [-0.1, -0.05) is 0 Å². The molecule has 0 atom stereocenters. The van der Waals surface area contributed by atoms with Gasteiger partial charge >= 0.3 is 5.97 Å². The third-order valence-corrected chi connectivity index (χ3v) is 4.73. The molecule has 0 saturated carbocycles. The number of sulfonamides is 1. The number of carbonyl (C=O) groups is 1. The Labute approximate surface area is 124 Å². The van der Waals surface area contributed by atoms with E-state index in [-0.39, 0.29) is 29.4 Å². The highest BCUT2D eigenvalue weighted by atomic mass is 32.2. The third-order valence-electron chi connectivity index (χ3n) is 2.78. The molecule has 8 nitrogen and oxygen atoms in total. The molecule has 0 aliphatic heterocycles. The fourth-order valence-electron chi connectivity index (χ4n) is 2.16. The van der Waals surface area contributed by atoms with Crippen LogP contribution in [0.25, 0.3) is 0 Å². The number of aliphatic carboxylic acids is 1. The van der Waals surface area contributed by atoms with E-state index in [1.165, 1.54) is 21.0 Å². The van der Waals surface area contributed by atoms with Gasteiger partial charge in [-0.3, -0.25) is 9.48 Å². The second-order valence-electron chi connectivity index (χ2n) is 5.47. The van der Waals surface area contributed by atoms with Crippen molar-refractivity contribution in [3.63, 3.8) is 0 Å². The van der Waals surface area contributed by atoms with E-state index in [1.54, 1.807) is 13.8 Å². The molecule has 0 aromatic carbocycles. The number of carboxylic acid groups (broad SMARTS) is 1. The molecule has 0 unspecified atom stereocenters. The second kappa shape index (κ2) is 6.12. The van der Waals surface area contributed by atoms with Gasteiger partial charge in [0.1, 0.15) is 11.4 Å². The molecule has 0 saturated heterocycles. The van der Waals surface area contributed by atoms with Crippen molar-refractivity contribution in [3.05, 3.63) is 11.4 Å². The first-order chi connectivity index (χ1) is 9.50. The summed E-state index contributed by atoms with van der Waals surface area (Å²) in [6.45, 7) is 6.27. The first-order valence-electron chi connectivity index (χ1n) is 6.29. The Morgan fingerprint density at radius 1 is 1.43 bits per heavy atom. The number of aryl methyl sites for hydroxylation is 1. The fraction of sp³-hybridized carbons (Fsp3) is 0.667. The van der Waals surface area contributed by atoms with Crippen molar-refractivity contribution >= 4 is 16.0 Å². The van der Waals surface area contributed by atoms with Gasteiger partial charge in [0.2, 0.25) is 10.0 Å².